The number of hydrogen-bond acceptors (Lipinski definition) is 4. The van der Waals surface area contributed by atoms with Crippen LogP contribution in [-0.2, 0) is 11.2 Å². The van der Waals surface area contributed by atoms with Crippen LogP contribution < -0.4 is 9.64 Å². The van der Waals surface area contributed by atoms with Gasteiger partial charge in [0.25, 0.3) is 5.91 Å². The molecule has 0 radical (unpaired) electrons. The summed E-state index contributed by atoms with van der Waals surface area (Å²) in [7, 11) is 3.23. The van der Waals surface area contributed by atoms with Gasteiger partial charge in [-0.2, -0.15) is 0 Å². The number of carbonyl (C=O) groups excluding carboxylic acids is 2. The number of halogens is 1. The lowest BCUT2D eigenvalue weighted by Gasteiger charge is -2.26. The number of nitrogens with zero attached hydrogens (tertiary/aromatic N) is 2. The van der Waals surface area contributed by atoms with Crippen molar-refractivity contribution < 1.29 is 14.3 Å². The average molecular weight is 443 g/mol. The standard InChI is InChI=1S/C26H19ClN2O3/c1-29-23-11-8-17(4-3-5-18-12-13-28-24(16-18)32-2)14-21(23)25(30)22(26(29)31)15-19-6-9-20(27)10-7-19/h6-16H,5H2,1-2H3/b22-15+. The lowest BCUT2D eigenvalue weighted by molar-refractivity contribution is -0.114. The molecule has 2 aromatic carbocycles. The van der Waals surface area contributed by atoms with Crippen molar-refractivity contribution in [3.8, 4) is 17.7 Å². The van der Waals surface area contributed by atoms with E-state index in [0.717, 1.165) is 11.1 Å². The number of hydrogen-bond donors (Lipinski definition) is 0. The van der Waals surface area contributed by atoms with Crippen molar-refractivity contribution in [2.24, 2.45) is 0 Å². The van der Waals surface area contributed by atoms with Crippen molar-refractivity contribution in [1.82, 2.24) is 4.98 Å². The molecule has 158 valence electrons. The monoisotopic (exact) mass is 442 g/mol. The van der Waals surface area contributed by atoms with Crippen molar-refractivity contribution in [2.75, 3.05) is 19.1 Å². The van der Waals surface area contributed by atoms with E-state index in [1.54, 1.807) is 62.8 Å². The molecule has 1 amide bonds. The van der Waals surface area contributed by atoms with E-state index >= 15 is 0 Å². The van der Waals surface area contributed by atoms with Crippen LogP contribution in [0.15, 0.2) is 66.4 Å². The number of rotatable bonds is 3. The Kier molecular flexibility index (Phi) is 6.07. The molecule has 5 nitrogen and oxygen atoms in total. The van der Waals surface area contributed by atoms with Crippen LogP contribution in [0.3, 0.4) is 0 Å². The minimum Gasteiger partial charge on any atom is -0.481 e. The van der Waals surface area contributed by atoms with E-state index in [-0.39, 0.29) is 17.3 Å². The molecular weight excluding hydrogens is 424 g/mol. The number of methoxy groups -OCH3 is 1. The van der Waals surface area contributed by atoms with Crippen molar-refractivity contribution in [1.29, 1.82) is 0 Å². The van der Waals surface area contributed by atoms with E-state index < -0.39 is 0 Å². The van der Waals surface area contributed by atoms with Gasteiger partial charge in [-0.1, -0.05) is 35.6 Å². The van der Waals surface area contributed by atoms with E-state index in [9.17, 15) is 9.59 Å². The number of pyridine rings is 1. The number of aromatic nitrogens is 1. The van der Waals surface area contributed by atoms with Gasteiger partial charge in [0, 0.05) is 41.9 Å². The Hall–Kier alpha value is -3.88. The normalized spacial score (nSPS) is 14.1. The first-order chi connectivity index (χ1) is 15.5. The van der Waals surface area contributed by atoms with Crippen molar-refractivity contribution in [3.05, 3.63) is 93.6 Å². The second kappa shape index (κ2) is 9.09. The van der Waals surface area contributed by atoms with Crippen LogP contribution in [0.1, 0.15) is 27.0 Å². The molecule has 1 aromatic heterocycles. The fourth-order valence-corrected chi connectivity index (χ4v) is 3.52. The largest absolute Gasteiger partial charge is 0.481 e. The van der Waals surface area contributed by atoms with Gasteiger partial charge in [0.15, 0.2) is 0 Å². The topological polar surface area (TPSA) is 59.5 Å². The highest BCUT2D eigenvalue weighted by atomic mass is 35.5. The quantitative estimate of drug-likeness (QED) is 0.338. The molecule has 0 fully saturated rings. The average Bonchev–Trinajstić information content (AvgIpc) is 2.81. The highest BCUT2D eigenvalue weighted by Crippen LogP contribution is 2.31. The van der Waals surface area contributed by atoms with Gasteiger partial charge in [-0.05, 0) is 53.6 Å². The number of carbonyl (C=O) groups is 2. The van der Waals surface area contributed by atoms with Gasteiger partial charge < -0.3 is 9.64 Å². The van der Waals surface area contributed by atoms with Crippen molar-refractivity contribution >= 4 is 35.1 Å². The maximum absolute atomic E-state index is 13.2. The van der Waals surface area contributed by atoms with Gasteiger partial charge in [0.2, 0.25) is 11.7 Å². The molecular formula is C26H19ClN2O3. The van der Waals surface area contributed by atoms with Crippen LogP contribution in [0.4, 0.5) is 5.69 Å². The van der Waals surface area contributed by atoms with Gasteiger partial charge in [0.05, 0.1) is 18.4 Å². The molecule has 1 aliphatic heterocycles. The molecule has 0 spiro atoms. The number of benzene rings is 2. The lowest BCUT2D eigenvalue weighted by Crippen LogP contribution is -2.36. The molecule has 0 bridgehead atoms. The molecule has 3 aromatic rings. The van der Waals surface area contributed by atoms with Gasteiger partial charge >= 0.3 is 0 Å². The summed E-state index contributed by atoms with van der Waals surface area (Å²) in [5.41, 5.74) is 3.54. The minimum atomic E-state index is -0.345. The number of fused-ring (bicyclic) bond motifs is 1. The summed E-state index contributed by atoms with van der Waals surface area (Å²) in [5.74, 6) is 6.09. The van der Waals surface area contributed by atoms with Crippen LogP contribution in [0.5, 0.6) is 5.88 Å². The summed E-state index contributed by atoms with van der Waals surface area (Å²) >= 11 is 5.93. The molecule has 0 aliphatic carbocycles. The van der Waals surface area contributed by atoms with Crippen LogP contribution >= 0.6 is 11.6 Å². The molecule has 0 saturated heterocycles. The van der Waals surface area contributed by atoms with Crippen LogP contribution in [0.25, 0.3) is 6.08 Å². The van der Waals surface area contributed by atoms with Crippen LogP contribution in [0, 0.1) is 11.8 Å². The summed E-state index contributed by atoms with van der Waals surface area (Å²) in [6.07, 6.45) is 3.79. The Balaban J connectivity index is 1.63. The Labute approximate surface area is 191 Å². The third kappa shape index (κ3) is 4.41. The fourth-order valence-electron chi connectivity index (χ4n) is 3.39. The first-order valence-electron chi connectivity index (χ1n) is 9.88. The maximum Gasteiger partial charge on any atom is 0.262 e. The fraction of sp³-hybridized carbons (Fsp3) is 0.115. The van der Waals surface area contributed by atoms with Gasteiger partial charge in [-0.25, -0.2) is 4.98 Å². The molecule has 2 heterocycles. The zero-order valence-electron chi connectivity index (χ0n) is 17.6. The van der Waals surface area contributed by atoms with Crippen LogP contribution in [-0.4, -0.2) is 30.8 Å². The predicted molar refractivity (Wildman–Crippen MR) is 125 cm³/mol. The summed E-state index contributed by atoms with van der Waals surface area (Å²) in [5, 5.41) is 0.587. The maximum atomic E-state index is 13.2. The highest BCUT2D eigenvalue weighted by Gasteiger charge is 2.32. The number of Topliss-reactive ketones (excluding diaryl/α,β-unsaturated/α-hetero) is 1. The SMILES string of the molecule is COc1cc(CC#Cc2ccc3c(c2)C(=O)/C(=C\c2ccc(Cl)cc2)C(=O)N3C)ccn1. The van der Waals surface area contributed by atoms with E-state index in [1.165, 1.54) is 4.90 Å². The number of ether oxygens (including phenoxy) is 1. The zero-order chi connectivity index (χ0) is 22.7. The molecule has 32 heavy (non-hydrogen) atoms. The summed E-state index contributed by atoms with van der Waals surface area (Å²) in [4.78, 5) is 31.5. The van der Waals surface area contributed by atoms with E-state index in [0.29, 0.717) is 34.1 Å². The molecule has 4 rings (SSSR count). The molecule has 0 unspecified atom stereocenters. The summed E-state index contributed by atoms with van der Waals surface area (Å²) < 4.78 is 5.13. The number of amides is 1. The van der Waals surface area contributed by atoms with Gasteiger partial charge in [-0.3, -0.25) is 9.59 Å². The second-order valence-corrected chi connectivity index (χ2v) is 7.66. The van der Waals surface area contributed by atoms with E-state index in [2.05, 4.69) is 16.8 Å². The molecule has 1 aliphatic rings. The zero-order valence-corrected chi connectivity index (χ0v) is 18.3. The third-order valence-corrected chi connectivity index (χ3v) is 5.35. The Morgan fingerprint density at radius 1 is 1.09 bits per heavy atom. The lowest BCUT2D eigenvalue weighted by atomic mass is 9.92. The smallest absolute Gasteiger partial charge is 0.262 e. The molecule has 6 heteroatoms. The minimum absolute atomic E-state index is 0.108. The van der Waals surface area contributed by atoms with Gasteiger partial charge in [0.1, 0.15) is 0 Å². The van der Waals surface area contributed by atoms with E-state index in [4.69, 9.17) is 16.3 Å². The number of anilines is 1. The third-order valence-electron chi connectivity index (χ3n) is 5.10. The number of ketones is 1. The first-order valence-corrected chi connectivity index (χ1v) is 10.3. The van der Waals surface area contributed by atoms with Crippen LogP contribution in [0.2, 0.25) is 5.02 Å². The summed E-state index contributed by atoms with van der Waals surface area (Å²) in [6.45, 7) is 0. The van der Waals surface area contributed by atoms with Crippen molar-refractivity contribution in [3.63, 3.8) is 0 Å². The molecule has 0 N–H and O–H groups in total. The Morgan fingerprint density at radius 3 is 2.62 bits per heavy atom. The second-order valence-electron chi connectivity index (χ2n) is 7.22. The van der Waals surface area contributed by atoms with E-state index in [1.807, 2.05) is 18.2 Å². The summed E-state index contributed by atoms with van der Waals surface area (Å²) in [6, 6.07) is 16.0. The number of likely N-dealkylation sites (N-methyl/N-ethyl adjacent to an activating group) is 1. The predicted octanol–water partition coefficient (Wildman–Crippen LogP) is 4.58. The first kappa shape index (κ1) is 21.4. The van der Waals surface area contributed by atoms with Crippen molar-refractivity contribution in [2.45, 2.75) is 6.42 Å². The molecule has 0 atom stereocenters. The molecule has 0 saturated carbocycles. The Bertz CT molecular complexity index is 1300. The highest BCUT2D eigenvalue weighted by molar-refractivity contribution is 6.36. The van der Waals surface area contributed by atoms with Gasteiger partial charge in [-0.15, -0.1) is 0 Å². The Morgan fingerprint density at radius 2 is 1.88 bits per heavy atom.